The van der Waals surface area contributed by atoms with Gasteiger partial charge in [0.1, 0.15) is 0 Å². The summed E-state index contributed by atoms with van der Waals surface area (Å²) in [6, 6.07) is 0. The Balaban J connectivity index is 3.16. The van der Waals surface area contributed by atoms with E-state index < -0.39 is 0 Å². The number of hydrogen-bond acceptors (Lipinski definition) is 3. The molecule has 0 aromatic heterocycles. The maximum atomic E-state index is 12.0. The zero-order valence-corrected chi connectivity index (χ0v) is 35.0. The van der Waals surface area contributed by atoms with E-state index in [1.165, 1.54) is 244 Å². The lowest BCUT2D eigenvalue weighted by Gasteiger charge is -2.06. The van der Waals surface area contributed by atoms with Crippen molar-refractivity contribution in [2.24, 2.45) is 0 Å². The molecule has 0 aliphatic carbocycles. The molecule has 0 unspecified atom stereocenters. The Hall–Kier alpha value is -0.830. The number of ether oxygens (including phenoxy) is 1. The van der Waals surface area contributed by atoms with E-state index in [9.17, 15) is 4.79 Å². The Morgan fingerprint density at radius 3 is 0.980 bits per heavy atom. The smallest absolute Gasteiger partial charge is 0.305 e. The van der Waals surface area contributed by atoms with E-state index >= 15 is 0 Å². The van der Waals surface area contributed by atoms with Gasteiger partial charge in [0.2, 0.25) is 0 Å². The number of carbonyl (C=O) groups excluding carboxylic acids is 1. The van der Waals surface area contributed by atoms with Gasteiger partial charge in [-0.2, -0.15) is 0 Å². The van der Waals surface area contributed by atoms with Crippen LogP contribution in [0.1, 0.15) is 277 Å². The second kappa shape index (κ2) is 47.2. The SMILES string of the molecule is CCCCCCCCC=CCCCCCCCCCCCCCC(=O)OCCCCCCCCCCCCCCCCCCCCCCCCO. The maximum Gasteiger partial charge on any atom is 0.305 e. The third kappa shape index (κ3) is 47.1. The topological polar surface area (TPSA) is 46.5 Å². The molecule has 0 bridgehead atoms. The van der Waals surface area contributed by atoms with Crippen LogP contribution in [0.15, 0.2) is 12.2 Å². The van der Waals surface area contributed by atoms with Gasteiger partial charge in [-0.15, -0.1) is 0 Å². The standard InChI is InChI=1S/C48H94O3/c1-2-3-4-5-6-7-8-9-10-11-12-15-18-21-24-27-30-33-36-39-42-45-48(50)51-47-44-41-38-35-32-29-26-23-20-17-14-13-16-19-22-25-28-31-34-37-40-43-46-49/h9-10,49H,2-8,11-47H2,1H3. The van der Waals surface area contributed by atoms with Crippen molar-refractivity contribution in [2.75, 3.05) is 13.2 Å². The lowest BCUT2D eigenvalue weighted by molar-refractivity contribution is -0.143. The van der Waals surface area contributed by atoms with Crippen molar-refractivity contribution in [1.82, 2.24) is 0 Å². The quantitative estimate of drug-likeness (QED) is 0.0387. The number of esters is 1. The highest BCUT2D eigenvalue weighted by molar-refractivity contribution is 5.69. The first kappa shape index (κ1) is 50.2. The highest BCUT2D eigenvalue weighted by atomic mass is 16.5. The van der Waals surface area contributed by atoms with Crippen LogP contribution in [0.3, 0.4) is 0 Å². The number of allylic oxidation sites excluding steroid dienone is 2. The Morgan fingerprint density at radius 2 is 0.647 bits per heavy atom. The normalized spacial score (nSPS) is 11.6. The highest BCUT2D eigenvalue weighted by Gasteiger charge is 2.03. The van der Waals surface area contributed by atoms with E-state index in [0.717, 1.165) is 19.3 Å². The van der Waals surface area contributed by atoms with E-state index in [0.29, 0.717) is 19.6 Å². The summed E-state index contributed by atoms with van der Waals surface area (Å²) in [7, 11) is 0. The second-order valence-corrected chi connectivity index (χ2v) is 16.2. The van der Waals surface area contributed by atoms with Gasteiger partial charge in [-0.25, -0.2) is 0 Å². The zero-order valence-electron chi connectivity index (χ0n) is 35.0. The van der Waals surface area contributed by atoms with Gasteiger partial charge in [0.25, 0.3) is 0 Å². The van der Waals surface area contributed by atoms with Crippen LogP contribution >= 0.6 is 0 Å². The average molecular weight is 719 g/mol. The largest absolute Gasteiger partial charge is 0.466 e. The van der Waals surface area contributed by atoms with E-state index in [-0.39, 0.29) is 5.97 Å². The fraction of sp³-hybridized carbons (Fsp3) is 0.938. The maximum absolute atomic E-state index is 12.0. The molecule has 3 nitrogen and oxygen atoms in total. The summed E-state index contributed by atoms with van der Waals surface area (Å²) in [6.07, 6.45) is 60.5. The van der Waals surface area contributed by atoms with Gasteiger partial charge >= 0.3 is 5.97 Å². The molecular weight excluding hydrogens is 625 g/mol. The molecule has 0 atom stereocenters. The van der Waals surface area contributed by atoms with Crippen molar-refractivity contribution in [3.05, 3.63) is 12.2 Å². The van der Waals surface area contributed by atoms with Crippen LogP contribution in [0.2, 0.25) is 0 Å². The minimum Gasteiger partial charge on any atom is -0.466 e. The van der Waals surface area contributed by atoms with Crippen molar-refractivity contribution in [1.29, 1.82) is 0 Å². The van der Waals surface area contributed by atoms with Gasteiger partial charge in [-0.05, 0) is 44.9 Å². The molecule has 0 fully saturated rings. The van der Waals surface area contributed by atoms with Crippen molar-refractivity contribution < 1.29 is 14.6 Å². The van der Waals surface area contributed by atoms with Gasteiger partial charge in [0.05, 0.1) is 6.61 Å². The van der Waals surface area contributed by atoms with Crippen LogP contribution in [0.5, 0.6) is 0 Å². The molecular formula is C48H94O3. The summed E-state index contributed by atoms with van der Waals surface area (Å²) >= 11 is 0. The second-order valence-electron chi connectivity index (χ2n) is 16.2. The molecule has 0 aromatic rings. The van der Waals surface area contributed by atoms with Crippen molar-refractivity contribution in [3.63, 3.8) is 0 Å². The molecule has 51 heavy (non-hydrogen) atoms. The summed E-state index contributed by atoms with van der Waals surface area (Å²) in [5.74, 6) is 0.0242. The Bertz CT molecular complexity index is 659. The molecule has 0 spiro atoms. The van der Waals surface area contributed by atoms with Crippen molar-refractivity contribution in [2.45, 2.75) is 277 Å². The molecule has 0 amide bonds. The zero-order chi connectivity index (χ0) is 36.8. The Kier molecular flexibility index (Phi) is 46.4. The molecule has 0 saturated heterocycles. The van der Waals surface area contributed by atoms with Gasteiger partial charge in [-0.3, -0.25) is 4.79 Å². The molecule has 0 aliphatic heterocycles. The molecule has 0 aliphatic rings. The summed E-state index contributed by atoms with van der Waals surface area (Å²) in [5, 5.41) is 8.81. The van der Waals surface area contributed by atoms with Crippen molar-refractivity contribution in [3.8, 4) is 0 Å². The summed E-state index contributed by atoms with van der Waals surface area (Å²) in [6.45, 7) is 3.28. The molecule has 0 heterocycles. The van der Waals surface area contributed by atoms with Crippen LogP contribution in [0.25, 0.3) is 0 Å². The average Bonchev–Trinajstić information content (AvgIpc) is 3.14. The fourth-order valence-electron chi connectivity index (χ4n) is 7.41. The lowest BCUT2D eigenvalue weighted by Crippen LogP contribution is -2.05. The van der Waals surface area contributed by atoms with E-state index in [1.54, 1.807) is 0 Å². The van der Waals surface area contributed by atoms with Crippen molar-refractivity contribution >= 4 is 5.97 Å². The predicted molar refractivity (Wildman–Crippen MR) is 227 cm³/mol. The molecule has 0 aromatic carbocycles. The van der Waals surface area contributed by atoms with E-state index in [4.69, 9.17) is 9.84 Å². The first-order valence-electron chi connectivity index (χ1n) is 23.7. The first-order chi connectivity index (χ1) is 25.3. The number of unbranched alkanes of at least 4 members (excludes halogenated alkanes) is 38. The highest BCUT2D eigenvalue weighted by Crippen LogP contribution is 2.16. The molecule has 3 heteroatoms. The first-order valence-corrected chi connectivity index (χ1v) is 23.7. The van der Waals surface area contributed by atoms with Crippen LogP contribution in [-0.2, 0) is 9.53 Å². The molecule has 0 rings (SSSR count). The molecule has 0 radical (unpaired) electrons. The summed E-state index contributed by atoms with van der Waals surface area (Å²) in [4.78, 5) is 12.0. The van der Waals surface area contributed by atoms with Crippen LogP contribution < -0.4 is 0 Å². The van der Waals surface area contributed by atoms with Crippen LogP contribution in [0.4, 0.5) is 0 Å². The number of aliphatic hydroxyl groups excluding tert-OH is 1. The van der Waals surface area contributed by atoms with Gasteiger partial charge < -0.3 is 9.84 Å². The third-order valence-electron chi connectivity index (χ3n) is 11.0. The number of hydrogen-bond donors (Lipinski definition) is 1. The lowest BCUT2D eigenvalue weighted by atomic mass is 10.0. The molecule has 1 N–H and O–H groups in total. The number of rotatable bonds is 45. The Labute approximate surface area is 321 Å². The summed E-state index contributed by atoms with van der Waals surface area (Å²) < 4.78 is 5.48. The van der Waals surface area contributed by atoms with Gasteiger partial charge in [0.15, 0.2) is 0 Å². The van der Waals surface area contributed by atoms with E-state index in [1.807, 2.05) is 0 Å². The molecule has 304 valence electrons. The fourth-order valence-corrected chi connectivity index (χ4v) is 7.41. The number of aliphatic hydroxyl groups is 1. The number of carbonyl (C=O) groups is 1. The van der Waals surface area contributed by atoms with Crippen LogP contribution in [-0.4, -0.2) is 24.3 Å². The van der Waals surface area contributed by atoms with Gasteiger partial charge in [0, 0.05) is 13.0 Å². The van der Waals surface area contributed by atoms with E-state index in [2.05, 4.69) is 19.1 Å². The van der Waals surface area contributed by atoms with Crippen LogP contribution in [0, 0.1) is 0 Å². The van der Waals surface area contributed by atoms with Gasteiger partial charge in [-0.1, -0.05) is 237 Å². The molecule has 0 saturated carbocycles. The minimum absolute atomic E-state index is 0.0242. The third-order valence-corrected chi connectivity index (χ3v) is 11.0. The Morgan fingerprint density at radius 1 is 0.373 bits per heavy atom. The predicted octanol–water partition coefficient (Wildman–Crippen LogP) is 16.5. The monoisotopic (exact) mass is 719 g/mol. The minimum atomic E-state index is 0.0242. The summed E-state index contributed by atoms with van der Waals surface area (Å²) in [5.41, 5.74) is 0.